The van der Waals surface area contributed by atoms with Crippen molar-refractivity contribution in [1.29, 1.82) is 0 Å². The highest BCUT2D eigenvalue weighted by Gasteiger charge is 2.05. The van der Waals surface area contributed by atoms with Crippen LogP contribution in [0.1, 0.15) is 5.56 Å². The predicted molar refractivity (Wildman–Crippen MR) is 47.5 cm³/mol. The summed E-state index contributed by atoms with van der Waals surface area (Å²) in [5.74, 6) is 0.00657. The molecule has 0 aliphatic carbocycles. The minimum atomic E-state index is -0.354. The van der Waals surface area contributed by atoms with Gasteiger partial charge in [0.15, 0.2) is 0 Å². The molecule has 0 bridgehead atoms. The zero-order valence-corrected chi connectivity index (χ0v) is 7.36. The van der Waals surface area contributed by atoms with Crippen LogP contribution in [-0.4, -0.2) is 7.11 Å². The summed E-state index contributed by atoms with van der Waals surface area (Å²) in [4.78, 5) is 0. The minimum Gasteiger partial charge on any atom is -0.497 e. The molecule has 1 rings (SSSR count). The second kappa shape index (κ2) is 3.59. The van der Waals surface area contributed by atoms with Crippen molar-refractivity contribution in [2.75, 3.05) is 7.11 Å². The summed E-state index contributed by atoms with van der Waals surface area (Å²) in [6.45, 7) is 3.57. The van der Waals surface area contributed by atoms with Crippen LogP contribution < -0.4 is 0 Å². The number of methoxy groups -OCH3 is 1. The predicted octanol–water partition coefficient (Wildman–Crippen LogP) is 3.10. The van der Waals surface area contributed by atoms with E-state index in [1.165, 1.54) is 25.3 Å². The Kier molecular flexibility index (Phi) is 2.71. The van der Waals surface area contributed by atoms with Crippen LogP contribution in [-0.2, 0) is 4.74 Å². The SMILES string of the molecule is C=C(OC)c1cc(F)ccc1Cl. The lowest BCUT2D eigenvalue weighted by Crippen LogP contribution is -1.88. The summed E-state index contributed by atoms with van der Waals surface area (Å²) in [5.41, 5.74) is 0.485. The third kappa shape index (κ3) is 1.77. The van der Waals surface area contributed by atoms with Gasteiger partial charge in [0.1, 0.15) is 11.6 Å². The third-order valence-corrected chi connectivity index (χ3v) is 1.80. The van der Waals surface area contributed by atoms with E-state index in [1.54, 1.807) is 0 Å². The normalized spacial score (nSPS) is 9.58. The Morgan fingerprint density at radius 2 is 2.25 bits per heavy atom. The van der Waals surface area contributed by atoms with Crippen molar-refractivity contribution in [3.63, 3.8) is 0 Å². The number of halogens is 2. The van der Waals surface area contributed by atoms with Crippen molar-refractivity contribution >= 4 is 17.4 Å². The van der Waals surface area contributed by atoms with Gasteiger partial charge in [0.2, 0.25) is 0 Å². The van der Waals surface area contributed by atoms with E-state index in [2.05, 4.69) is 6.58 Å². The topological polar surface area (TPSA) is 9.23 Å². The number of benzene rings is 1. The third-order valence-electron chi connectivity index (χ3n) is 1.48. The van der Waals surface area contributed by atoms with Gasteiger partial charge in [-0.1, -0.05) is 18.2 Å². The second-order valence-corrected chi connectivity index (χ2v) is 2.66. The van der Waals surface area contributed by atoms with Gasteiger partial charge in [-0.2, -0.15) is 0 Å². The van der Waals surface area contributed by atoms with Gasteiger partial charge < -0.3 is 4.74 Å². The quantitative estimate of drug-likeness (QED) is 0.645. The van der Waals surface area contributed by atoms with Crippen LogP contribution in [0.5, 0.6) is 0 Å². The van der Waals surface area contributed by atoms with Gasteiger partial charge in [-0.3, -0.25) is 0 Å². The lowest BCUT2D eigenvalue weighted by Gasteiger charge is -2.05. The lowest BCUT2D eigenvalue weighted by molar-refractivity contribution is 0.371. The first-order chi connectivity index (χ1) is 5.65. The molecule has 0 saturated heterocycles. The number of hydrogen-bond acceptors (Lipinski definition) is 1. The molecule has 0 atom stereocenters. The summed E-state index contributed by atoms with van der Waals surface area (Å²) in [5, 5.41) is 0.434. The monoisotopic (exact) mass is 186 g/mol. The molecular formula is C9H8ClFO. The highest BCUT2D eigenvalue weighted by Crippen LogP contribution is 2.23. The molecule has 0 aromatic heterocycles. The maximum absolute atomic E-state index is 12.7. The summed E-state index contributed by atoms with van der Waals surface area (Å²) < 4.78 is 17.5. The van der Waals surface area contributed by atoms with Gasteiger partial charge in [0.25, 0.3) is 0 Å². The van der Waals surface area contributed by atoms with Crippen LogP contribution in [0, 0.1) is 5.82 Å². The van der Waals surface area contributed by atoms with Crippen LogP contribution in [0.4, 0.5) is 4.39 Å². The summed E-state index contributed by atoms with van der Waals surface area (Å²) in [6, 6.07) is 4.04. The first-order valence-electron chi connectivity index (χ1n) is 3.33. The maximum Gasteiger partial charge on any atom is 0.124 e. The van der Waals surface area contributed by atoms with Crippen LogP contribution in [0.25, 0.3) is 5.76 Å². The van der Waals surface area contributed by atoms with Crippen LogP contribution in [0.2, 0.25) is 5.02 Å². The Hall–Kier alpha value is -1.02. The van der Waals surface area contributed by atoms with E-state index in [9.17, 15) is 4.39 Å². The molecule has 1 aromatic rings. The Balaban J connectivity index is 3.13. The Bertz CT molecular complexity index is 309. The molecule has 0 heterocycles. The summed E-state index contributed by atoms with van der Waals surface area (Å²) in [6.07, 6.45) is 0. The minimum absolute atomic E-state index is 0.354. The van der Waals surface area contributed by atoms with Gasteiger partial charge in [0.05, 0.1) is 12.1 Å². The molecule has 0 spiro atoms. The van der Waals surface area contributed by atoms with Crippen molar-refractivity contribution in [2.45, 2.75) is 0 Å². The molecule has 0 amide bonds. The molecule has 0 fully saturated rings. The second-order valence-electron chi connectivity index (χ2n) is 2.25. The van der Waals surface area contributed by atoms with Crippen LogP contribution in [0.3, 0.4) is 0 Å². The Morgan fingerprint density at radius 3 is 2.83 bits per heavy atom. The van der Waals surface area contributed by atoms with E-state index >= 15 is 0 Å². The molecule has 12 heavy (non-hydrogen) atoms. The van der Waals surface area contributed by atoms with E-state index in [0.717, 1.165) is 0 Å². The molecule has 64 valence electrons. The van der Waals surface area contributed by atoms with Crippen LogP contribution >= 0.6 is 11.6 Å². The molecule has 0 radical (unpaired) electrons. The van der Waals surface area contributed by atoms with Crippen molar-refractivity contribution in [2.24, 2.45) is 0 Å². The summed E-state index contributed by atoms with van der Waals surface area (Å²) >= 11 is 5.76. The van der Waals surface area contributed by atoms with E-state index in [-0.39, 0.29) is 5.82 Å². The van der Waals surface area contributed by atoms with Crippen molar-refractivity contribution in [1.82, 2.24) is 0 Å². The zero-order chi connectivity index (χ0) is 9.14. The van der Waals surface area contributed by atoms with E-state index in [1.807, 2.05) is 0 Å². The van der Waals surface area contributed by atoms with Gasteiger partial charge in [-0.15, -0.1) is 0 Å². The number of hydrogen-bond donors (Lipinski definition) is 0. The van der Waals surface area contributed by atoms with E-state index < -0.39 is 0 Å². The van der Waals surface area contributed by atoms with Gasteiger partial charge >= 0.3 is 0 Å². The molecule has 0 N–H and O–H groups in total. The first-order valence-corrected chi connectivity index (χ1v) is 3.71. The number of rotatable bonds is 2. The Labute approximate surface area is 75.4 Å². The largest absolute Gasteiger partial charge is 0.497 e. The van der Waals surface area contributed by atoms with E-state index in [4.69, 9.17) is 16.3 Å². The van der Waals surface area contributed by atoms with Gasteiger partial charge in [-0.25, -0.2) is 4.39 Å². The fourth-order valence-electron chi connectivity index (χ4n) is 0.821. The standard InChI is InChI=1S/C9H8ClFO/c1-6(12-2)8-5-7(11)3-4-9(8)10/h3-5H,1H2,2H3. The van der Waals surface area contributed by atoms with Crippen LogP contribution in [0.15, 0.2) is 24.8 Å². The average molecular weight is 187 g/mol. The zero-order valence-electron chi connectivity index (χ0n) is 6.60. The van der Waals surface area contributed by atoms with Crippen molar-refractivity contribution < 1.29 is 9.13 Å². The Morgan fingerprint density at radius 1 is 1.58 bits per heavy atom. The fraction of sp³-hybridized carbons (Fsp3) is 0.111. The molecule has 0 aliphatic rings. The van der Waals surface area contributed by atoms with Crippen molar-refractivity contribution in [3.8, 4) is 0 Å². The average Bonchev–Trinajstić information content (AvgIpc) is 2.08. The van der Waals surface area contributed by atoms with Crippen molar-refractivity contribution in [3.05, 3.63) is 41.2 Å². The molecular weight excluding hydrogens is 179 g/mol. The summed E-state index contributed by atoms with van der Waals surface area (Å²) in [7, 11) is 1.46. The molecule has 0 aliphatic heterocycles. The molecule has 1 nitrogen and oxygen atoms in total. The molecule has 0 unspecified atom stereocenters. The molecule has 3 heteroatoms. The smallest absolute Gasteiger partial charge is 0.124 e. The highest BCUT2D eigenvalue weighted by atomic mass is 35.5. The maximum atomic E-state index is 12.7. The first kappa shape index (κ1) is 9.07. The fourth-order valence-corrected chi connectivity index (χ4v) is 1.04. The molecule has 0 saturated carbocycles. The molecule has 1 aromatic carbocycles. The number of ether oxygens (including phenoxy) is 1. The highest BCUT2D eigenvalue weighted by molar-refractivity contribution is 6.32. The lowest BCUT2D eigenvalue weighted by atomic mass is 10.2. The van der Waals surface area contributed by atoms with E-state index in [0.29, 0.717) is 16.3 Å². The van der Waals surface area contributed by atoms with Gasteiger partial charge in [-0.05, 0) is 18.2 Å². The van der Waals surface area contributed by atoms with Gasteiger partial charge in [0, 0.05) is 5.56 Å².